The van der Waals surface area contributed by atoms with Gasteiger partial charge in [-0.1, -0.05) is 234 Å². The number of hydrogen-bond donors (Lipinski definition) is 6. The smallest absolute Gasteiger partial charge is 0.306 e. The molecule has 8 atom stereocenters. The van der Waals surface area contributed by atoms with Gasteiger partial charge in [0.1, 0.15) is 24.4 Å². The van der Waals surface area contributed by atoms with Crippen molar-refractivity contribution in [3.05, 3.63) is 85.1 Å². The number of allylic oxidation sites excluding steroid dienone is 13. The molecule has 0 aromatic carbocycles. The van der Waals surface area contributed by atoms with Gasteiger partial charge >= 0.3 is 5.97 Å². The fourth-order valence-electron chi connectivity index (χ4n) is 8.38. The third-order valence-electron chi connectivity index (χ3n) is 12.9. The number of nitrogens with one attached hydrogen (secondary N) is 1. The molecule has 1 aliphatic heterocycles. The van der Waals surface area contributed by atoms with Gasteiger partial charge in [0.2, 0.25) is 5.91 Å². The molecule has 11 heteroatoms. The van der Waals surface area contributed by atoms with Gasteiger partial charge in [-0.05, 0) is 64.2 Å². The lowest BCUT2D eigenvalue weighted by atomic mass is 9.99. The van der Waals surface area contributed by atoms with Crippen LogP contribution in [0.4, 0.5) is 0 Å². The largest absolute Gasteiger partial charge is 0.454 e. The van der Waals surface area contributed by atoms with Crippen LogP contribution in [0.3, 0.4) is 0 Å². The molecule has 1 rings (SSSR count). The zero-order valence-electron chi connectivity index (χ0n) is 44.8. The molecule has 0 radical (unpaired) electrons. The maximum atomic E-state index is 13.4. The third kappa shape index (κ3) is 36.4. The Morgan fingerprint density at radius 1 is 0.563 bits per heavy atom. The van der Waals surface area contributed by atoms with Crippen molar-refractivity contribution >= 4 is 11.9 Å². The molecule has 11 nitrogen and oxygen atoms in total. The van der Waals surface area contributed by atoms with E-state index >= 15 is 0 Å². The number of aliphatic hydroxyl groups is 5. The second kappa shape index (κ2) is 47.8. The first-order valence-electron chi connectivity index (χ1n) is 28.4. The van der Waals surface area contributed by atoms with Crippen molar-refractivity contribution in [2.24, 2.45) is 0 Å². The van der Waals surface area contributed by atoms with Crippen molar-refractivity contribution in [2.75, 3.05) is 13.2 Å². The highest BCUT2D eigenvalue weighted by Crippen LogP contribution is 2.26. The summed E-state index contributed by atoms with van der Waals surface area (Å²) >= 11 is 0. The van der Waals surface area contributed by atoms with Crippen LogP contribution in [0.15, 0.2) is 85.1 Å². The highest BCUT2D eigenvalue weighted by Gasteiger charge is 2.47. The van der Waals surface area contributed by atoms with Crippen LogP contribution in [-0.4, -0.2) is 99.6 Å². The molecule has 0 aromatic heterocycles. The Morgan fingerprint density at radius 2 is 1.03 bits per heavy atom. The number of carbonyl (C=O) groups is 2. The first kappa shape index (κ1) is 65.9. The van der Waals surface area contributed by atoms with E-state index in [0.717, 1.165) is 70.6 Å². The number of aliphatic hydroxyl groups excluding tert-OH is 5. The lowest BCUT2D eigenvalue weighted by molar-refractivity contribution is -0.305. The standard InChI is InChI=1S/C60H103NO10/c1-4-7-10-13-16-19-22-25-26-27-30-32-35-38-41-44-47-53(64)59(68)61-51(52(63)46-43-40-37-34-31-28-23-20-17-14-11-8-5-2)50-69-60-58(57(67)56(66)54(49-62)70-60)71-55(65)48-45-42-39-36-33-29-24-21-18-15-12-9-6-3/h9,12,15,18,21,24-26,29,33,36,39,43,46,51-54,56-58,60,62-64,66-67H,4-8,10-11,13-14,16-17,19-20,22-23,27-28,30-32,34-35,37-38,40-42,44-45,47-50H2,1-3H3,(H,61,68)/b12-9+,18-15+,24-21-,26-25+,33-29-,39-36+,46-43+. The fraction of sp³-hybridized carbons (Fsp3) is 0.733. The van der Waals surface area contributed by atoms with Gasteiger partial charge in [0.25, 0.3) is 0 Å². The first-order valence-corrected chi connectivity index (χ1v) is 28.4. The summed E-state index contributed by atoms with van der Waals surface area (Å²) in [7, 11) is 0. The maximum absolute atomic E-state index is 13.4. The molecule has 6 N–H and O–H groups in total. The van der Waals surface area contributed by atoms with Gasteiger partial charge in [-0.3, -0.25) is 9.59 Å². The molecular formula is C60H103NO10. The highest BCUT2D eigenvalue weighted by molar-refractivity contribution is 5.80. The average molecular weight is 998 g/mol. The SMILES string of the molecule is CC/C=C/C=C/C=C\C=C/C=C/CCCC(=O)OC1C(OCC(NC(=O)C(O)CCCCCCCC/C=C/CCCCCCCC)C(O)/C=C/CCCCCCCCCCCCC)OC(CO)C(O)C1O. The predicted molar refractivity (Wildman–Crippen MR) is 292 cm³/mol. The molecule has 1 fully saturated rings. The third-order valence-corrected chi connectivity index (χ3v) is 12.9. The molecule has 1 saturated heterocycles. The van der Waals surface area contributed by atoms with E-state index in [1.54, 1.807) is 6.08 Å². The molecule has 408 valence electrons. The maximum Gasteiger partial charge on any atom is 0.306 e. The number of amides is 1. The van der Waals surface area contributed by atoms with Crippen LogP contribution in [-0.2, 0) is 23.8 Å². The average Bonchev–Trinajstić information content (AvgIpc) is 3.37. The van der Waals surface area contributed by atoms with Crippen molar-refractivity contribution in [1.29, 1.82) is 0 Å². The lowest BCUT2D eigenvalue weighted by Crippen LogP contribution is -2.61. The molecule has 0 aromatic rings. The van der Waals surface area contributed by atoms with Crippen LogP contribution >= 0.6 is 0 Å². The van der Waals surface area contributed by atoms with Gasteiger partial charge in [0, 0.05) is 6.42 Å². The summed E-state index contributed by atoms with van der Waals surface area (Å²) in [4.78, 5) is 26.4. The first-order chi connectivity index (χ1) is 34.7. The van der Waals surface area contributed by atoms with Gasteiger partial charge in [0.15, 0.2) is 12.4 Å². The molecule has 1 aliphatic rings. The molecular weight excluding hydrogens is 895 g/mol. The summed E-state index contributed by atoms with van der Waals surface area (Å²) in [6.07, 6.45) is 50.6. The minimum atomic E-state index is -1.65. The second-order valence-electron chi connectivity index (χ2n) is 19.4. The summed E-state index contributed by atoms with van der Waals surface area (Å²) in [6, 6.07) is -1.04. The van der Waals surface area contributed by atoms with E-state index < -0.39 is 67.4 Å². The summed E-state index contributed by atoms with van der Waals surface area (Å²) in [5.41, 5.74) is 0. The van der Waals surface area contributed by atoms with Crippen LogP contribution in [0.5, 0.6) is 0 Å². The van der Waals surface area contributed by atoms with Crippen LogP contribution in [0.25, 0.3) is 0 Å². The van der Waals surface area contributed by atoms with E-state index in [2.05, 4.69) is 44.3 Å². The van der Waals surface area contributed by atoms with Gasteiger partial charge < -0.3 is 45.1 Å². The van der Waals surface area contributed by atoms with E-state index in [0.29, 0.717) is 19.3 Å². The Balaban J connectivity index is 2.79. The van der Waals surface area contributed by atoms with Gasteiger partial charge in [-0.15, -0.1) is 0 Å². The number of ether oxygens (including phenoxy) is 3. The van der Waals surface area contributed by atoms with E-state index in [4.69, 9.17) is 14.2 Å². The van der Waals surface area contributed by atoms with Gasteiger partial charge in [0.05, 0.1) is 25.4 Å². The van der Waals surface area contributed by atoms with Crippen molar-refractivity contribution in [2.45, 2.75) is 269 Å². The van der Waals surface area contributed by atoms with Crippen molar-refractivity contribution in [1.82, 2.24) is 5.32 Å². The number of carbonyl (C=O) groups excluding carboxylic acids is 2. The summed E-state index contributed by atoms with van der Waals surface area (Å²) < 4.78 is 17.5. The number of rotatable bonds is 46. The predicted octanol–water partition coefficient (Wildman–Crippen LogP) is 12.6. The molecule has 0 saturated carbocycles. The molecule has 0 bridgehead atoms. The van der Waals surface area contributed by atoms with Crippen LogP contribution < -0.4 is 5.32 Å². The molecule has 1 heterocycles. The normalized spacial score (nSPS) is 20.3. The number of hydrogen-bond acceptors (Lipinski definition) is 10. The zero-order valence-corrected chi connectivity index (χ0v) is 44.8. The fourth-order valence-corrected chi connectivity index (χ4v) is 8.38. The topological polar surface area (TPSA) is 175 Å². The summed E-state index contributed by atoms with van der Waals surface area (Å²) in [5, 5.41) is 56.7. The Morgan fingerprint density at radius 3 is 1.55 bits per heavy atom. The zero-order chi connectivity index (χ0) is 51.8. The minimum Gasteiger partial charge on any atom is -0.454 e. The second-order valence-corrected chi connectivity index (χ2v) is 19.4. The van der Waals surface area contributed by atoms with E-state index in [1.807, 2.05) is 60.8 Å². The van der Waals surface area contributed by atoms with Crippen molar-refractivity contribution in [3.8, 4) is 0 Å². The monoisotopic (exact) mass is 998 g/mol. The lowest BCUT2D eigenvalue weighted by Gasteiger charge is -2.41. The Hall–Kier alpha value is -3.16. The molecule has 8 unspecified atom stereocenters. The summed E-state index contributed by atoms with van der Waals surface area (Å²) in [6.45, 7) is 5.58. The number of esters is 1. The Bertz CT molecular complexity index is 1470. The van der Waals surface area contributed by atoms with Crippen LogP contribution in [0, 0.1) is 0 Å². The van der Waals surface area contributed by atoms with Crippen molar-refractivity contribution < 1.29 is 49.3 Å². The summed E-state index contributed by atoms with van der Waals surface area (Å²) in [5.74, 6) is -1.28. The Labute approximate surface area is 432 Å². The van der Waals surface area contributed by atoms with E-state index in [1.165, 1.54) is 96.3 Å². The van der Waals surface area contributed by atoms with Gasteiger partial charge in [-0.2, -0.15) is 0 Å². The highest BCUT2D eigenvalue weighted by atomic mass is 16.7. The molecule has 1 amide bonds. The van der Waals surface area contributed by atoms with Crippen molar-refractivity contribution in [3.63, 3.8) is 0 Å². The van der Waals surface area contributed by atoms with E-state index in [-0.39, 0.29) is 19.4 Å². The quantitative estimate of drug-likeness (QED) is 0.0149. The van der Waals surface area contributed by atoms with Crippen LogP contribution in [0.1, 0.15) is 220 Å². The number of unbranched alkanes of at least 4 members (excludes halogenated alkanes) is 24. The molecule has 0 spiro atoms. The minimum absolute atomic E-state index is 0.0235. The van der Waals surface area contributed by atoms with Crippen LogP contribution in [0.2, 0.25) is 0 Å². The van der Waals surface area contributed by atoms with E-state index in [9.17, 15) is 35.1 Å². The Kier molecular flexibility index (Phi) is 44.4. The molecule has 0 aliphatic carbocycles. The molecule has 71 heavy (non-hydrogen) atoms. The van der Waals surface area contributed by atoms with Gasteiger partial charge in [-0.25, -0.2) is 0 Å².